The van der Waals surface area contributed by atoms with Gasteiger partial charge in [-0.1, -0.05) is 13.0 Å². The van der Waals surface area contributed by atoms with Crippen LogP contribution in [0.25, 0.3) is 0 Å². The number of carbonyl (C=O) groups is 2. The Labute approximate surface area is 140 Å². The van der Waals surface area contributed by atoms with Crippen molar-refractivity contribution in [1.82, 2.24) is 15.2 Å². The van der Waals surface area contributed by atoms with Crippen LogP contribution in [0, 0.1) is 0 Å². The third-order valence-corrected chi connectivity index (χ3v) is 4.36. The zero-order valence-corrected chi connectivity index (χ0v) is 13.9. The molecule has 0 bridgehead atoms. The average molecular weight is 327 g/mol. The molecular formula is C18H21N3O3. The topological polar surface area (TPSA) is 75.4 Å². The maximum atomic E-state index is 12.7. The predicted octanol–water partition coefficient (Wildman–Crippen LogP) is 2.33. The number of rotatable bonds is 4. The molecule has 1 N–H and O–H groups in total. The van der Waals surface area contributed by atoms with E-state index in [1.54, 1.807) is 23.2 Å². The molecule has 0 radical (unpaired) electrons. The van der Waals surface area contributed by atoms with Crippen molar-refractivity contribution in [3.8, 4) is 0 Å². The van der Waals surface area contributed by atoms with Crippen LogP contribution in [-0.2, 0) is 11.3 Å². The minimum Gasteiger partial charge on any atom is -0.459 e. The second kappa shape index (κ2) is 6.86. The van der Waals surface area contributed by atoms with Crippen molar-refractivity contribution in [3.63, 3.8) is 0 Å². The number of pyridine rings is 1. The van der Waals surface area contributed by atoms with E-state index >= 15 is 0 Å². The molecule has 2 aromatic heterocycles. The summed E-state index contributed by atoms with van der Waals surface area (Å²) in [7, 11) is 0. The van der Waals surface area contributed by atoms with Gasteiger partial charge >= 0.3 is 0 Å². The highest BCUT2D eigenvalue weighted by atomic mass is 16.3. The van der Waals surface area contributed by atoms with Gasteiger partial charge in [0.2, 0.25) is 5.91 Å². The van der Waals surface area contributed by atoms with Crippen molar-refractivity contribution in [2.75, 3.05) is 6.54 Å². The number of nitrogens with zero attached hydrogens (tertiary/aromatic N) is 2. The highest BCUT2D eigenvalue weighted by molar-refractivity contribution is 5.93. The maximum Gasteiger partial charge on any atom is 0.289 e. The summed E-state index contributed by atoms with van der Waals surface area (Å²) in [6.07, 6.45) is 4.01. The molecule has 2 unspecified atom stereocenters. The minimum atomic E-state index is -0.470. The van der Waals surface area contributed by atoms with Crippen LogP contribution in [-0.4, -0.2) is 34.3 Å². The van der Waals surface area contributed by atoms with E-state index in [0.717, 1.165) is 17.7 Å². The number of hydrogen-bond acceptors (Lipinski definition) is 4. The minimum absolute atomic E-state index is 0.0841. The van der Waals surface area contributed by atoms with Crippen molar-refractivity contribution in [3.05, 3.63) is 53.7 Å². The Kier molecular flexibility index (Phi) is 4.64. The van der Waals surface area contributed by atoms with Crippen LogP contribution < -0.4 is 5.32 Å². The van der Waals surface area contributed by atoms with Crippen LogP contribution in [0.2, 0.25) is 0 Å². The van der Waals surface area contributed by atoms with Crippen molar-refractivity contribution < 1.29 is 14.0 Å². The molecule has 2 aromatic rings. The Balaban J connectivity index is 1.87. The van der Waals surface area contributed by atoms with Gasteiger partial charge in [-0.2, -0.15) is 0 Å². The molecule has 126 valence electrons. The molecule has 2 atom stereocenters. The molecule has 1 aliphatic heterocycles. The van der Waals surface area contributed by atoms with Crippen molar-refractivity contribution in [1.29, 1.82) is 0 Å². The van der Waals surface area contributed by atoms with E-state index in [4.69, 9.17) is 4.42 Å². The van der Waals surface area contributed by atoms with Crippen LogP contribution in [0.4, 0.5) is 0 Å². The molecule has 2 amide bonds. The van der Waals surface area contributed by atoms with E-state index in [0.29, 0.717) is 13.1 Å². The summed E-state index contributed by atoms with van der Waals surface area (Å²) in [5, 5.41) is 2.99. The molecule has 3 heterocycles. The number of nitrogens with one attached hydrogen (secondary N) is 1. The molecule has 1 aliphatic rings. The summed E-state index contributed by atoms with van der Waals surface area (Å²) < 4.78 is 5.21. The smallest absolute Gasteiger partial charge is 0.289 e. The molecule has 24 heavy (non-hydrogen) atoms. The van der Waals surface area contributed by atoms with Gasteiger partial charge in [0.15, 0.2) is 5.76 Å². The fraction of sp³-hybridized carbons (Fsp3) is 0.389. The maximum absolute atomic E-state index is 12.7. The molecule has 0 aromatic carbocycles. The van der Waals surface area contributed by atoms with E-state index in [1.165, 1.54) is 6.26 Å². The first kappa shape index (κ1) is 16.2. The Morgan fingerprint density at radius 2 is 2.25 bits per heavy atom. The van der Waals surface area contributed by atoms with Crippen molar-refractivity contribution in [2.24, 2.45) is 0 Å². The van der Waals surface area contributed by atoms with Gasteiger partial charge in [0, 0.05) is 25.3 Å². The predicted molar refractivity (Wildman–Crippen MR) is 88.3 cm³/mol. The van der Waals surface area contributed by atoms with Crippen LogP contribution in [0.5, 0.6) is 0 Å². The third kappa shape index (κ3) is 3.18. The SMILES string of the molecule is CCC(C)NC(=O)C1CN(C(=O)c2ccco2)Cc2cccnc21. The summed E-state index contributed by atoms with van der Waals surface area (Å²) in [4.78, 5) is 31.3. The molecule has 6 nitrogen and oxygen atoms in total. The van der Waals surface area contributed by atoms with Gasteiger partial charge in [0.1, 0.15) is 0 Å². The number of furan rings is 1. The third-order valence-electron chi connectivity index (χ3n) is 4.36. The second-order valence-corrected chi connectivity index (χ2v) is 6.08. The molecule has 6 heteroatoms. The van der Waals surface area contributed by atoms with Gasteiger partial charge in [-0.05, 0) is 37.1 Å². The molecule has 0 spiro atoms. The Bertz CT molecular complexity index is 727. The standard InChI is InChI=1S/C18H21N3O3/c1-3-12(2)20-17(22)14-11-21(18(23)15-7-5-9-24-15)10-13-6-4-8-19-16(13)14/h4-9,12,14H,3,10-11H2,1-2H3,(H,20,22). The first-order valence-corrected chi connectivity index (χ1v) is 8.17. The van der Waals surface area contributed by atoms with Crippen molar-refractivity contribution >= 4 is 11.8 Å². The van der Waals surface area contributed by atoms with Crippen LogP contribution in [0.1, 0.15) is 48.0 Å². The Hall–Kier alpha value is -2.63. The first-order chi connectivity index (χ1) is 11.6. The fourth-order valence-corrected chi connectivity index (χ4v) is 2.84. The normalized spacial score (nSPS) is 17.9. The van der Waals surface area contributed by atoms with Crippen LogP contribution in [0.3, 0.4) is 0 Å². The molecule has 0 fully saturated rings. The lowest BCUT2D eigenvalue weighted by molar-refractivity contribution is -0.123. The number of fused-ring (bicyclic) bond motifs is 1. The van der Waals surface area contributed by atoms with E-state index < -0.39 is 5.92 Å². The van der Waals surface area contributed by atoms with E-state index in [-0.39, 0.29) is 23.6 Å². The van der Waals surface area contributed by atoms with Gasteiger partial charge in [0.25, 0.3) is 5.91 Å². The van der Waals surface area contributed by atoms with Gasteiger partial charge in [-0.3, -0.25) is 14.6 Å². The fourth-order valence-electron chi connectivity index (χ4n) is 2.84. The number of amides is 2. The highest BCUT2D eigenvalue weighted by Gasteiger charge is 2.34. The summed E-state index contributed by atoms with van der Waals surface area (Å²) in [6.45, 7) is 4.71. The van der Waals surface area contributed by atoms with Gasteiger partial charge in [0.05, 0.1) is 17.9 Å². The summed E-state index contributed by atoms with van der Waals surface area (Å²) in [6, 6.07) is 7.13. The highest BCUT2D eigenvalue weighted by Crippen LogP contribution is 2.28. The number of carbonyl (C=O) groups excluding carboxylic acids is 2. The van der Waals surface area contributed by atoms with Gasteiger partial charge < -0.3 is 14.6 Å². The van der Waals surface area contributed by atoms with Crippen LogP contribution >= 0.6 is 0 Å². The lowest BCUT2D eigenvalue weighted by Gasteiger charge is -2.33. The summed E-state index contributed by atoms with van der Waals surface area (Å²) in [5.41, 5.74) is 1.65. The second-order valence-electron chi connectivity index (χ2n) is 6.08. The largest absolute Gasteiger partial charge is 0.459 e. The number of hydrogen-bond donors (Lipinski definition) is 1. The average Bonchev–Trinajstić information content (AvgIpc) is 3.14. The zero-order valence-electron chi connectivity index (χ0n) is 13.9. The van der Waals surface area contributed by atoms with E-state index in [1.807, 2.05) is 26.0 Å². The zero-order chi connectivity index (χ0) is 17.1. The van der Waals surface area contributed by atoms with E-state index in [2.05, 4.69) is 10.3 Å². The Morgan fingerprint density at radius 3 is 2.96 bits per heavy atom. The van der Waals surface area contributed by atoms with Crippen molar-refractivity contribution in [2.45, 2.75) is 38.8 Å². The monoisotopic (exact) mass is 327 g/mol. The van der Waals surface area contributed by atoms with Gasteiger partial charge in [-0.15, -0.1) is 0 Å². The molecule has 0 saturated heterocycles. The first-order valence-electron chi connectivity index (χ1n) is 8.17. The lowest BCUT2D eigenvalue weighted by atomic mass is 9.93. The summed E-state index contributed by atoms with van der Waals surface area (Å²) >= 11 is 0. The van der Waals surface area contributed by atoms with Gasteiger partial charge in [-0.25, -0.2) is 0 Å². The quantitative estimate of drug-likeness (QED) is 0.935. The molecule has 0 saturated carbocycles. The molecular weight excluding hydrogens is 306 g/mol. The molecule has 0 aliphatic carbocycles. The van der Waals surface area contributed by atoms with E-state index in [9.17, 15) is 9.59 Å². The summed E-state index contributed by atoms with van der Waals surface area (Å²) in [5.74, 6) is -0.497. The Morgan fingerprint density at radius 1 is 1.42 bits per heavy atom. The molecule has 3 rings (SSSR count). The lowest BCUT2D eigenvalue weighted by Crippen LogP contribution is -2.45. The number of aromatic nitrogens is 1. The van der Waals surface area contributed by atoms with Crippen LogP contribution in [0.15, 0.2) is 41.1 Å².